The molecule has 0 radical (unpaired) electrons. The van der Waals surface area contributed by atoms with Gasteiger partial charge >= 0.3 is 0 Å². The standard InChI is InChI=1S/C13H24N2O2S/c1-2-5-11(12(14)18)13(17)15-8-4-3-6-10(15)7-9-16/h10-11,16H,2-9H2,1H3,(H2,14,18). The molecule has 5 heteroatoms. The van der Waals surface area contributed by atoms with Crippen LogP contribution in [0.4, 0.5) is 0 Å². The molecule has 0 spiro atoms. The van der Waals surface area contributed by atoms with E-state index in [9.17, 15) is 4.79 Å². The molecule has 3 N–H and O–H groups in total. The van der Waals surface area contributed by atoms with E-state index >= 15 is 0 Å². The summed E-state index contributed by atoms with van der Waals surface area (Å²) in [5, 5.41) is 9.08. The van der Waals surface area contributed by atoms with Crippen molar-refractivity contribution in [3.8, 4) is 0 Å². The number of hydrogen-bond donors (Lipinski definition) is 2. The molecular weight excluding hydrogens is 248 g/mol. The zero-order valence-corrected chi connectivity index (χ0v) is 11.9. The molecule has 1 rings (SSSR count). The Morgan fingerprint density at radius 2 is 2.28 bits per heavy atom. The predicted molar refractivity (Wildman–Crippen MR) is 76.2 cm³/mol. The first-order chi connectivity index (χ1) is 8.61. The highest BCUT2D eigenvalue weighted by Gasteiger charge is 2.31. The summed E-state index contributed by atoms with van der Waals surface area (Å²) in [6, 6.07) is 0.157. The van der Waals surface area contributed by atoms with Crippen LogP contribution < -0.4 is 5.73 Å². The predicted octanol–water partition coefficient (Wildman–Crippen LogP) is 1.45. The molecule has 1 aliphatic heterocycles. The number of nitrogens with two attached hydrogens (primary N) is 1. The summed E-state index contributed by atoms with van der Waals surface area (Å²) in [5.41, 5.74) is 5.68. The van der Waals surface area contributed by atoms with Gasteiger partial charge in [0.1, 0.15) is 0 Å². The summed E-state index contributed by atoms with van der Waals surface area (Å²) in [4.78, 5) is 14.7. The van der Waals surface area contributed by atoms with Crippen molar-refractivity contribution in [1.29, 1.82) is 0 Å². The van der Waals surface area contributed by atoms with Crippen molar-refractivity contribution in [3.05, 3.63) is 0 Å². The van der Waals surface area contributed by atoms with Gasteiger partial charge < -0.3 is 15.7 Å². The number of carbonyl (C=O) groups excluding carboxylic acids is 1. The third-order valence-corrected chi connectivity index (χ3v) is 3.88. The van der Waals surface area contributed by atoms with Gasteiger partial charge in [-0.1, -0.05) is 25.6 Å². The normalized spacial score (nSPS) is 21.7. The fourth-order valence-electron chi connectivity index (χ4n) is 2.62. The van der Waals surface area contributed by atoms with Gasteiger partial charge in [0, 0.05) is 19.2 Å². The number of piperidine rings is 1. The lowest BCUT2D eigenvalue weighted by Crippen LogP contribution is -2.49. The highest BCUT2D eigenvalue weighted by molar-refractivity contribution is 7.80. The Morgan fingerprint density at radius 3 is 2.83 bits per heavy atom. The first-order valence-corrected chi connectivity index (χ1v) is 7.23. The van der Waals surface area contributed by atoms with Crippen molar-refractivity contribution >= 4 is 23.1 Å². The molecule has 0 aromatic heterocycles. The number of likely N-dealkylation sites (tertiary alicyclic amines) is 1. The topological polar surface area (TPSA) is 66.6 Å². The SMILES string of the molecule is CCCC(C(=O)N1CCCCC1CCO)C(N)=S. The average molecular weight is 272 g/mol. The number of thiocarbonyl (C=S) groups is 1. The van der Waals surface area contributed by atoms with Crippen molar-refractivity contribution in [2.24, 2.45) is 11.7 Å². The van der Waals surface area contributed by atoms with Crippen LogP contribution in [0, 0.1) is 5.92 Å². The van der Waals surface area contributed by atoms with Gasteiger partial charge in [0.2, 0.25) is 5.91 Å². The molecule has 1 amide bonds. The third kappa shape index (κ3) is 3.92. The fourth-order valence-corrected chi connectivity index (χ4v) is 2.83. The van der Waals surface area contributed by atoms with Gasteiger partial charge in [-0.25, -0.2) is 0 Å². The lowest BCUT2D eigenvalue weighted by atomic mass is 9.95. The molecule has 0 aliphatic carbocycles. The molecule has 0 bridgehead atoms. The number of aliphatic hydroxyl groups is 1. The van der Waals surface area contributed by atoms with Gasteiger partial charge in [0.25, 0.3) is 0 Å². The van der Waals surface area contributed by atoms with E-state index in [-0.39, 0.29) is 24.5 Å². The van der Waals surface area contributed by atoms with Crippen molar-refractivity contribution in [2.75, 3.05) is 13.2 Å². The zero-order chi connectivity index (χ0) is 13.5. The van der Waals surface area contributed by atoms with Crippen molar-refractivity contribution in [1.82, 2.24) is 4.90 Å². The summed E-state index contributed by atoms with van der Waals surface area (Å²) < 4.78 is 0. The van der Waals surface area contributed by atoms with Crippen LogP contribution in [0.5, 0.6) is 0 Å². The molecule has 0 aromatic carbocycles. The molecular formula is C13H24N2O2S. The minimum Gasteiger partial charge on any atom is -0.396 e. The van der Waals surface area contributed by atoms with Crippen molar-refractivity contribution in [2.45, 2.75) is 51.5 Å². The molecule has 1 aliphatic rings. The van der Waals surface area contributed by atoms with E-state index in [1.54, 1.807) is 0 Å². The molecule has 4 nitrogen and oxygen atoms in total. The molecule has 1 saturated heterocycles. The van der Waals surface area contributed by atoms with E-state index in [1.807, 2.05) is 11.8 Å². The maximum absolute atomic E-state index is 12.5. The molecule has 1 fully saturated rings. The van der Waals surface area contributed by atoms with Crippen LogP contribution in [-0.2, 0) is 4.79 Å². The Morgan fingerprint density at radius 1 is 1.56 bits per heavy atom. The summed E-state index contributed by atoms with van der Waals surface area (Å²) in [6.45, 7) is 2.92. The van der Waals surface area contributed by atoms with Crippen LogP contribution in [-0.4, -0.2) is 40.1 Å². The minimum absolute atomic E-state index is 0.0579. The van der Waals surface area contributed by atoms with Gasteiger partial charge in [-0.2, -0.15) is 0 Å². The first-order valence-electron chi connectivity index (χ1n) is 6.82. The Bertz CT molecular complexity index is 295. The van der Waals surface area contributed by atoms with Crippen LogP contribution in [0.1, 0.15) is 45.4 Å². The van der Waals surface area contributed by atoms with E-state index < -0.39 is 0 Å². The van der Waals surface area contributed by atoms with Gasteiger partial charge in [0.05, 0.1) is 10.9 Å². The van der Waals surface area contributed by atoms with E-state index in [0.29, 0.717) is 11.4 Å². The van der Waals surface area contributed by atoms with Crippen molar-refractivity contribution < 1.29 is 9.90 Å². The second kappa shape index (κ2) is 7.69. The van der Waals surface area contributed by atoms with Crippen LogP contribution in [0.25, 0.3) is 0 Å². The van der Waals surface area contributed by atoms with Gasteiger partial charge in [-0.05, 0) is 32.1 Å². The van der Waals surface area contributed by atoms with Crippen LogP contribution in [0.2, 0.25) is 0 Å². The lowest BCUT2D eigenvalue weighted by molar-refractivity contribution is -0.137. The Balaban J connectivity index is 2.74. The second-order valence-corrected chi connectivity index (χ2v) is 5.41. The fraction of sp³-hybridized carbons (Fsp3) is 0.846. The highest BCUT2D eigenvalue weighted by atomic mass is 32.1. The molecule has 18 heavy (non-hydrogen) atoms. The summed E-state index contributed by atoms with van der Waals surface area (Å²) in [7, 11) is 0. The second-order valence-electron chi connectivity index (χ2n) is 4.94. The van der Waals surface area contributed by atoms with Crippen molar-refractivity contribution in [3.63, 3.8) is 0 Å². The van der Waals surface area contributed by atoms with Crippen LogP contribution in [0.15, 0.2) is 0 Å². The zero-order valence-electron chi connectivity index (χ0n) is 11.1. The average Bonchev–Trinajstić information content (AvgIpc) is 2.36. The number of amides is 1. The molecule has 2 atom stereocenters. The summed E-state index contributed by atoms with van der Waals surface area (Å²) in [5.74, 6) is -0.271. The van der Waals surface area contributed by atoms with Crippen LogP contribution in [0.3, 0.4) is 0 Å². The number of carbonyl (C=O) groups is 1. The molecule has 104 valence electrons. The summed E-state index contributed by atoms with van der Waals surface area (Å²) in [6.07, 6.45) is 5.40. The molecule has 0 aromatic rings. The summed E-state index contributed by atoms with van der Waals surface area (Å²) >= 11 is 5.01. The van der Waals surface area contributed by atoms with Gasteiger partial charge in [-0.3, -0.25) is 4.79 Å². The number of rotatable bonds is 6. The maximum atomic E-state index is 12.5. The van der Waals surface area contributed by atoms with E-state index in [0.717, 1.165) is 38.6 Å². The van der Waals surface area contributed by atoms with Gasteiger partial charge in [0.15, 0.2) is 0 Å². The molecule has 2 unspecified atom stereocenters. The smallest absolute Gasteiger partial charge is 0.232 e. The minimum atomic E-state index is -0.329. The Hall–Kier alpha value is -0.680. The maximum Gasteiger partial charge on any atom is 0.232 e. The number of nitrogens with zero attached hydrogens (tertiary/aromatic N) is 1. The van der Waals surface area contributed by atoms with E-state index in [4.69, 9.17) is 23.1 Å². The lowest BCUT2D eigenvalue weighted by Gasteiger charge is -2.37. The monoisotopic (exact) mass is 272 g/mol. The molecule has 1 heterocycles. The largest absolute Gasteiger partial charge is 0.396 e. The van der Waals surface area contributed by atoms with Crippen LogP contribution >= 0.6 is 12.2 Å². The highest BCUT2D eigenvalue weighted by Crippen LogP contribution is 2.23. The Kier molecular flexibility index (Phi) is 6.57. The number of hydrogen-bond acceptors (Lipinski definition) is 3. The van der Waals surface area contributed by atoms with E-state index in [1.165, 1.54) is 0 Å². The Labute approximate surface area is 115 Å². The van der Waals surface area contributed by atoms with Gasteiger partial charge in [-0.15, -0.1) is 0 Å². The molecule has 0 saturated carbocycles. The quantitative estimate of drug-likeness (QED) is 0.718. The first kappa shape index (κ1) is 15.4. The van der Waals surface area contributed by atoms with E-state index in [2.05, 4.69) is 0 Å². The third-order valence-electron chi connectivity index (χ3n) is 3.59. The number of aliphatic hydroxyl groups excluding tert-OH is 1.